The van der Waals surface area contributed by atoms with E-state index in [2.05, 4.69) is 22.4 Å². The monoisotopic (exact) mass is 392 g/mol. The fourth-order valence-corrected chi connectivity index (χ4v) is 5.99. The number of aromatic nitrogens is 1. The second-order valence-corrected chi connectivity index (χ2v) is 9.05. The third-order valence-electron chi connectivity index (χ3n) is 6.48. The summed E-state index contributed by atoms with van der Waals surface area (Å²) in [6.07, 6.45) is 8.01. The molecule has 0 spiro atoms. The lowest BCUT2D eigenvalue weighted by Gasteiger charge is -2.26. The first-order valence-electron chi connectivity index (χ1n) is 10.2. The van der Waals surface area contributed by atoms with Crippen LogP contribution in [0.5, 0.6) is 0 Å². The minimum Gasteiger partial charge on any atom is -0.325 e. The molecule has 0 bridgehead atoms. The van der Waals surface area contributed by atoms with Crippen molar-refractivity contribution in [3.8, 4) is 0 Å². The highest BCUT2D eigenvalue weighted by atomic mass is 32.1. The number of nitrogens with one attached hydrogen (secondary N) is 2. The van der Waals surface area contributed by atoms with E-state index in [9.17, 15) is 9.59 Å². The summed E-state index contributed by atoms with van der Waals surface area (Å²) in [7, 11) is 0. The smallest absolute Gasteiger partial charge is 0.251 e. The molecule has 0 unspecified atom stereocenters. The topological polar surface area (TPSA) is 62.0 Å². The van der Waals surface area contributed by atoms with Crippen molar-refractivity contribution in [1.29, 1.82) is 0 Å². The molecule has 1 fully saturated rings. The minimum atomic E-state index is -0.410. The highest BCUT2D eigenvalue weighted by Gasteiger charge is 2.43. The fourth-order valence-electron chi connectivity index (χ4n) is 5.00. The lowest BCUT2D eigenvalue weighted by molar-refractivity contribution is -0.121. The normalized spacial score (nSPS) is 18.1. The number of anilines is 1. The molecule has 144 valence electrons. The number of aromatic amines is 1. The van der Waals surface area contributed by atoms with Gasteiger partial charge in [-0.1, -0.05) is 25.0 Å². The zero-order valence-corrected chi connectivity index (χ0v) is 16.7. The van der Waals surface area contributed by atoms with Crippen molar-refractivity contribution < 1.29 is 4.79 Å². The van der Waals surface area contributed by atoms with Crippen molar-refractivity contribution in [1.82, 2.24) is 4.98 Å². The Labute approximate surface area is 168 Å². The fraction of sp³-hybridized carbons (Fsp3) is 0.391. The van der Waals surface area contributed by atoms with Crippen LogP contribution < -0.4 is 10.9 Å². The number of hydrogen-bond donors (Lipinski definition) is 2. The van der Waals surface area contributed by atoms with E-state index in [0.29, 0.717) is 0 Å². The summed E-state index contributed by atoms with van der Waals surface area (Å²) in [6.45, 7) is 0. The summed E-state index contributed by atoms with van der Waals surface area (Å²) >= 11 is 1.67. The average Bonchev–Trinajstić information content (AvgIpc) is 3.40. The molecule has 1 saturated carbocycles. The number of fused-ring (bicyclic) bond motifs is 3. The molecule has 0 radical (unpaired) electrons. The van der Waals surface area contributed by atoms with Crippen molar-refractivity contribution >= 4 is 33.8 Å². The quantitative estimate of drug-likeness (QED) is 0.665. The number of hydrogen-bond acceptors (Lipinski definition) is 3. The molecule has 2 heterocycles. The Morgan fingerprint density at radius 1 is 1.04 bits per heavy atom. The van der Waals surface area contributed by atoms with Crippen LogP contribution >= 0.6 is 11.3 Å². The first-order valence-corrected chi connectivity index (χ1v) is 11.1. The molecule has 2 N–H and O–H groups in total. The van der Waals surface area contributed by atoms with E-state index < -0.39 is 5.41 Å². The van der Waals surface area contributed by atoms with Gasteiger partial charge in [-0.2, -0.15) is 0 Å². The van der Waals surface area contributed by atoms with Gasteiger partial charge in [-0.3, -0.25) is 9.59 Å². The molecule has 0 atom stereocenters. The van der Waals surface area contributed by atoms with E-state index in [-0.39, 0.29) is 11.5 Å². The third kappa shape index (κ3) is 2.80. The third-order valence-corrected chi connectivity index (χ3v) is 7.55. The Balaban J connectivity index is 1.50. The number of pyridine rings is 1. The second-order valence-electron chi connectivity index (χ2n) is 8.10. The summed E-state index contributed by atoms with van der Waals surface area (Å²) in [4.78, 5) is 30.0. The van der Waals surface area contributed by atoms with Gasteiger partial charge in [-0.15, -0.1) is 11.3 Å². The highest BCUT2D eigenvalue weighted by molar-refractivity contribution is 7.10. The molecule has 28 heavy (non-hydrogen) atoms. The molecule has 5 rings (SSSR count). The van der Waals surface area contributed by atoms with Crippen molar-refractivity contribution in [2.24, 2.45) is 0 Å². The second kappa shape index (κ2) is 6.89. The number of rotatable bonds is 3. The molecule has 3 aromatic rings. The van der Waals surface area contributed by atoms with Crippen molar-refractivity contribution in [3.63, 3.8) is 0 Å². The van der Waals surface area contributed by atoms with Gasteiger partial charge < -0.3 is 10.3 Å². The Morgan fingerprint density at radius 3 is 2.57 bits per heavy atom. The van der Waals surface area contributed by atoms with Crippen LogP contribution in [0.15, 0.2) is 40.5 Å². The van der Waals surface area contributed by atoms with Gasteiger partial charge in [0.2, 0.25) is 5.91 Å². The van der Waals surface area contributed by atoms with Crippen LogP contribution in [-0.2, 0) is 23.1 Å². The number of H-pyrrole nitrogens is 1. The van der Waals surface area contributed by atoms with Crippen LogP contribution in [0, 0.1) is 0 Å². The van der Waals surface area contributed by atoms with E-state index in [1.165, 1.54) is 5.56 Å². The predicted octanol–water partition coefficient (Wildman–Crippen LogP) is 4.92. The van der Waals surface area contributed by atoms with E-state index in [0.717, 1.165) is 78.4 Å². The SMILES string of the molecule is O=C(Nc1ccc2c3c(c(=O)[nH]c2c1)CCCC3)C1(c2cccs2)CCCC1. The maximum atomic E-state index is 13.3. The largest absolute Gasteiger partial charge is 0.325 e. The number of benzene rings is 1. The van der Waals surface area contributed by atoms with Crippen molar-refractivity contribution in [3.05, 3.63) is 62.1 Å². The van der Waals surface area contributed by atoms with Gasteiger partial charge in [-0.25, -0.2) is 0 Å². The molecule has 2 aliphatic carbocycles. The minimum absolute atomic E-state index is 0.0246. The number of thiophene rings is 1. The maximum absolute atomic E-state index is 13.3. The Hall–Kier alpha value is -2.40. The lowest BCUT2D eigenvalue weighted by Crippen LogP contribution is -2.37. The standard InChI is InChI=1S/C23H24N2O2S/c26-21-18-7-2-1-6-16(18)17-10-9-15(14-19(17)25-21)24-22(27)23(11-3-4-12-23)20-8-5-13-28-20/h5,8-10,13-14H,1-4,6-7,11-12H2,(H,24,27)(H,25,26). The van der Waals surface area contributed by atoms with E-state index in [4.69, 9.17) is 0 Å². The average molecular weight is 393 g/mol. The number of carbonyl (C=O) groups excluding carboxylic acids is 1. The van der Waals surface area contributed by atoms with Crippen LogP contribution in [0.2, 0.25) is 0 Å². The molecule has 4 nitrogen and oxygen atoms in total. The van der Waals surface area contributed by atoms with Crippen LogP contribution in [0.1, 0.15) is 54.5 Å². The van der Waals surface area contributed by atoms with Gasteiger partial charge in [0, 0.05) is 21.5 Å². The number of carbonyl (C=O) groups is 1. The summed E-state index contributed by atoms with van der Waals surface area (Å²) in [5.74, 6) is 0.0760. The van der Waals surface area contributed by atoms with Crippen LogP contribution in [0.4, 0.5) is 5.69 Å². The molecular formula is C23H24N2O2S. The number of amides is 1. The molecule has 2 aliphatic rings. The van der Waals surface area contributed by atoms with Crippen LogP contribution in [0.3, 0.4) is 0 Å². The molecule has 1 aromatic carbocycles. The molecular weight excluding hydrogens is 368 g/mol. The van der Waals surface area contributed by atoms with Crippen molar-refractivity contribution in [2.75, 3.05) is 5.32 Å². The summed E-state index contributed by atoms with van der Waals surface area (Å²) < 4.78 is 0. The van der Waals surface area contributed by atoms with Crippen molar-refractivity contribution in [2.45, 2.75) is 56.8 Å². The van der Waals surface area contributed by atoms with Gasteiger partial charge >= 0.3 is 0 Å². The summed E-state index contributed by atoms with van der Waals surface area (Å²) in [5.41, 5.74) is 3.32. The van der Waals surface area contributed by atoms with Gasteiger partial charge in [0.05, 0.1) is 10.9 Å². The Kier molecular flexibility index (Phi) is 4.35. The summed E-state index contributed by atoms with van der Waals surface area (Å²) in [5, 5.41) is 6.31. The van der Waals surface area contributed by atoms with Crippen LogP contribution in [0.25, 0.3) is 10.9 Å². The van der Waals surface area contributed by atoms with Crippen LogP contribution in [-0.4, -0.2) is 10.9 Å². The van der Waals surface area contributed by atoms with Gasteiger partial charge in [-0.05, 0) is 67.7 Å². The Morgan fingerprint density at radius 2 is 1.82 bits per heavy atom. The van der Waals surface area contributed by atoms with E-state index >= 15 is 0 Å². The molecule has 1 amide bonds. The predicted molar refractivity (Wildman–Crippen MR) is 114 cm³/mol. The zero-order valence-electron chi connectivity index (χ0n) is 15.8. The molecule has 0 aliphatic heterocycles. The Bertz CT molecular complexity index is 1090. The number of aryl methyl sites for hydroxylation is 1. The molecule has 0 saturated heterocycles. The molecule has 5 heteroatoms. The van der Waals surface area contributed by atoms with E-state index in [1.807, 2.05) is 23.6 Å². The van der Waals surface area contributed by atoms with Gasteiger partial charge in [0.1, 0.15) is 0 Å². The first kappa shape index (κ1) is 17.7. The highest BCUT2D eigenvalue weighted by Crippen LogP contribution is 2.44. The first-order chi connectivity index (χ1) is 13.7. The zero-order chi connectivity index (χ0) is 19.1. The van der Waals surface area contributed by atoms with Gasteiger partial charge in [0.25, 0.3) is 5.56 Å². The lowest BCUT2D eigenvalue weighted by atomic mass is 9.83. The molecule has 2 aromatic heterocycles. The van der Waals surface area contributed by atoms with Gasteiger partial charge in [0.15, 0.2) is 0 Å². The van der Waals surface area contributed by atoms with E-state index in [1.54, 1.807) is 11.3 Å². The summed E-state index contributed by atoms with van der Waals surface area (Å²) in [6, 6.07) is 10.1. The maximum Gasteiger partial charge on any atom is 0.251 e.